The first-order valence-electron chi connectivity index (χ1n) is 11.7. The molecule has 0 atom stereocenters. The molecule has 0 saturated carbocycles. The van der Waals surface area contributed by atoms with Crippen molar-refractivity contribution in [1.29, 1.82) is 0 Å². The summed E-state index contributed by atoms with van der Waals surface area (Å²) in [6.45, 7) is 4.00. The fraction of sp³-hybridized carbons (Fsp3) is 0.286. The van der Waals surface area contributed by atoms with Crippen LogP contribution in [0.3, 0.4) is 0 Å². The number of para-hydroxylation sites is 2. The number of hydrogen-bond acceptors (Lipinski definition) is 4. The van der Waals surface area contributed by atoms with Crippen LogP contribution in [0.5, 0.6) is 11.5 Å². The Kier molecular flexibility index (Phi) is 7.81. The number of amides is 1. The number of hydrogen-bond donors (Lipinski definition) is 1. The van der Waals surface area contributed by atoms with Gasteiger partial charge in [-0.3, -0.25) is 4.79 Å². The Morgan fingerprint density at radius 3 is 2.47 bits per heavy atom. The molecule has 4 aromatic rings. The van der Waals surface area contributed by atoms with Crippen LogP contribution in [0, 0.1) is 6.92 Å². The molecule has 6 heteroatoms. The van der Waals surface area contributed by atoms with Gasteiger partial charge in [0.05, 0.1) is 24.8 Å². The number of benzene rings is 3. The van der Waals surface area contributed by atoms with Gasteiger partial charge in [0.2, 0.25) is 0 Å². The summed E-state index contributed by atoms with van der Waals surface area (Å²) in [6, 6.07) is 23.5. The van der Waals surface area contributed by atoms with Crippen LogP contribution >= 0.6 is 0 Å². The normalized spacial score (nSPS) is 10.9. The predicted octanol–water partition coefficient (Wildman–Crippen LogP) is 5.19. The number of rotatable bonds is 11. The third-order valence-electron chi connectivity index (χ3n) is 5.86. The lowest BCUT2D eigenvalue weighted by Gasteiger charge is -2.11. The van der Waals surface area contributed by atoms with Gasteiger partial charge < -0.3 is 19.4 Å². The summed E-state index contributed by atoms with van der Waals surface area (Å²) in [5, 5.41) is 3.04. The van der Waals surface area contributed by atoms with E-state index in [-0.39, 0.29) is 5.91 Å². The molecule has 0 saturated heterocycles. The Hall–Kier alpha value is -3.80. The molecule has 1 aromatic heterocycles. The third-order valence-corrected chi connectivity index (χ3v) is 5.86. The standard InChI is InChI=1S/C28H31N3O3/c1-21-9-3-4-10-24(21)28(32)29-18-17-27-30-25-11-5-6-12-26(25)31(27)19-7-8-20-34-23-15-13-22(33-2)14-16-23/h3-6,9-16H,7-8,17-20H2,1-2H3,(H,29,32). The van der Waals surface area contributed by atoms with E-state index in [0.29, 0.717) is 25.1 Å². The summed E-state index contributed by atoms with van der Waals surface area (Å²) >= 11 is 0. The number of unbranched alkanes of at least 4 members (excludes halogenated alkanes) is 1. The van der Waals surface area contributed by atoms with Gasteiger partial charge in [0, 0.05) is 25.1 Å². The molecule has 0 aliphatic heterocycles. The van der Waals surface area contributed by atoms with Crippen molar-refractivity contribution < 1.29 is 14.3 Å². The van der Waals surface area contributed by atoms with Crippen LogP contribution in [0.1, 0.15) is 34.6 Å². The van der Waals surface area contributed by atoms with Crippen molar-refractivity contribution in [1.82, 2.24) is 14.9 Å². The van der Waals surface area contributed by atoms with E-state index in [4.69, 9.17) is 14.5 Å². The smallest absolute Gasteiger partial charge is 0.251 e. The number of fused-ring (bicyclic) bond motifs is 1. The molecule has 1 N–H and O–H groups in total. The molecule has 0 fully saturated rings. The number of aromatic nitrogens is 2. The van der Waals surface area contributed by atoms with Crippen LogP contribution in [0.4, 0.5) is 0 Å². The quantitative estimate of drug-likeness (QED) is 0.315. The zero-order valence-corrected chi connectivity index (χ0v) is 19.8. The second-order valence-corrected chi connectivity index (χ2v) is 8.22. The van der Waals surface area contributed by atoms with E-state index in [1.54, 1.807) is 7.11 Å². The number of nitrogens with one attached hydrogen (secondary N) is 1. The number of nitrogens with zero attached hydrogens (tertiary/aromatic N) is 2. The van der Waals surface area contributed by atoms with Crippen molar-refractivity contribution in [3.05, 3.63) is 89.7 Å². The van der Waals surface area contributed by atoms with Crippen LogP contribution in [-0.2, 0) is 13.0 Å². The highest BCUT2D eigenvalue weighted by molar-refractivity contribution is 5.95. The van der Waals surface area contributed by atoms with Gasteiger partial charge in [0.25, 0.3) is 5.91 Å². The Morgan fingerprint density at radius 2 is 1.68 bits per heavy atom. The van der Waals surface area contributed by atoms with Gasteiger partial charge in [-0.15, -0.1) is 0 Å². The SMILES string of the molecule is COc1ccc(OCCCCn2c(CCNC(=O)c3ccccc3C)nc3ccccc32)cc1. The number of imidazole rings is 1. The monoisotopic (exact) mass is 457 g/mol. The molecule has 1 amide bonds. The number of aryl methyl sites for hydroxylation is 2. The largest absolute Gasteiger partial charge is 0.497 e. The Labute approximate surface area is 200 Å². The lowest BCUT2D eigenvalue weighted by molar-refractivity contribution is 0.0953. The highest BCUT2D eigenvalue weighted by atomic mass is 16.5. The predicted molar refractivity (Wildman–Crippen MR) is 135 cm³/mol. The highest BCUT2D eigenvalue weighted by Crippen LogP contribution is 2.19. The summed E-state index contributed by atoms with van der Waals surface area (Å²) < 4.78 is 13.3. The molecule has 3 aromatic carbocycles. The number of carbonyl (C=O) groups excluding carboxylic acids is 1. The van der Waals surface area contributed by atoms with Gasteiger partial charge in [-0.1, -0.05) is 30.3 Å². The summed E-state index contributed by atoms with van der Waals surface area (Å²) in [5.41, 5.74) is 3.80. The van der Waals surface area contributed by atoms with Crippen molar-refractivity contribution in [2.45, 2.75) is 32.7 Å². The van der Waals surface area contributed by atoms with Crippen molar-refractivity contribution >= 4 is 16.9 Å². The molecule has 6 nitrogen and oxygen atoms in total. The van der Waals surface area contributed by atoms with Gasteiger partial charge in [-0.05, 0) is 67.8 Å². The molecular weight excluding hydrogens is 426 g/mol. The lowest BCUT2D eigenvalue weighted by atomic mass is 10.1. The average molecular weight is 458 g/mol. The Bertz CT molecular complexity index is 1230. The van der Waals surface area contributed by atoms with E-state index in [0.717, 1.165) is 53.3 Å². The topological polar surface area (TPSA) is 65.4 Å². The summed E-state index contributed by atoms with van der Waals surface area (Å²) in [5.74, 6) is 2.61. The minimum Gasteiger partial charge on any atom is -0.497 e. The molecule has 4 rings (SSSR count). The molecule has 0 unspecified atom stereocenters. The molecule has 34 heavy (non-hydrogen) atoms. The average Bonchev–Trinajstić information content (AvgIpc) is 3.21. The molecular formula is C28H31N3O3. The van der Waals surface area contributed by atoms with Crippen LogP contribution in [-0.4, -0.2) is 35.7 Å². The fourth-order valence-corrected chi connectivity index (χ4v) is 4.01. The summed E-state index contributed by atoms with van der Waals surface area (Å²) in [4.78, 5) is 17.4. The third kappa shape index (κ3) is 5.76. The maximum absolute atomic E-state index is 12.6. The van der Waals surface area contributed by atoms with Crippen molar-refractivity contribution in [2.24, 2.45) is 0 Å². The van der Waals surface area contributed by atoms with Crippen molar-refractivity contribution in [3.63, 3.8) is 0 Å². The zero-order chi connectivity index (χ0) is 23.8. The van der Waals surface area contributed by atoms with E-state index < -0.39 is 0 Å². The second kappa shape index (κ2) is 11.4. The van der Waals surface area contributed by atoms with Crippen LogP contribution < -0.4 is 14.8 Å². The Morgan fingerprint density at radius 1 is 0.941 bits per heavy atom. The van der Waals surface area contributed by atoms with Crippen LogP contribution in [0.15, 0.2) is 72.8 Å². The molecule has 0 aliphatic rings. The zero-order valence-electron chi connectivity index (χ0n) is 19.8. The first-order valence-corrected chi connectivity index (χ1v) is 11.7. The van der Waals surface area contributed by atoms with E-state index in [2.05, 4.69) is 16.0 Å². The lowest BCUT2D eigenvalue weighted by Crippen LogP contribution is -2.27. The molecule has 0 aliphatic carbocycles. The summed E-state index contributed by atoms with van der Waals surface area (Å²) in [7, 11) is 1.65. The van der Waals surface area contributed by atoms with E-state index in [9.17, 15) is 4.79 Å². The minimum atomic E-state index is -0.0450. The van der Waals surface area contributed by atoms with E-state index in [1.165, 1.54) is 0 Å². The highest BCUT2D eigenvalue weighted by Gasteiger charge is 2.12. The number of methoxy groups -OCH3 is 1. The van der Waals surface area contributed by atoms with Crippen molar-refractivity contribution in [3.8, 4) is 11.5 Å². The second-order valence-electron chi connectivity index (χ2n) is 8.22. The van der Waals surface area contributed by atoms with Crippen molar-refractivity contribution in [2.75, 3.05) is 20.3 Å². The molecule has 0 bridgehead atoms. The molecule has 176 valence electrons. The number of carbonyl (C=O) groups is 1. The van der Waals surface area contributed by atoms with E-state index >= 15 is 0 Å². The molecule has 0 spiro atoms. The van der Waals surface area contributed by atoms with E-state index in [1.807, 2.05) is 73.7 Å². The molecule has 1 heterocycles. The maximum atomic E-state index is 12.6. The first kappa shape index (κ1) is 23.4. The fourth-order valence-electron chi connectivity index (χ4n) is 4.01. The molecule has 0 radical (unpaired) electrons. The van der Waals surface area contributed by atoms with Gasteiger partial charge in [0.1, 0.15) is 17.3 Å². The Balaban J connectivity index is 1.32. The van der Waals surface area contributed by atoms with Gasteiger partial charge >= 0.3 is 0 Å². The van der Waals surface area contributed by atoms with Crippen LogP contribution in [0.2, 0.25) is 0 Å². The van der Waals surface area contributed by atoms with Crippen LogP contribution in [0.25, 0.3) is 11.0 Å². The summed E-state index contributed by atoms with van der Waals surface area (Å²) in [6.07, 6.45) is 2.58. The maximum Gasteiger partial charge on any atom is 0.251 e. The first-order chi connectivity index (χ1) is 16.7. The number of ether oxygens (including phenoxy) is 2. The minimum absolute atomic E-state index is 0.0450. The van der Waals surface area contributed by atoms with Gasteiger partial charge in [0.15, 0.2) is 0 Å². The van der Waals surface area contributed by atoms with Gasteiger partial charge in [-0.25, -0.2) is 4.98 Å². The van der Waals surface area contributed by atoms with Gasteiger partial charge in [-0.2, -0.15) is 0 Å².